The highest BCUT2D eigenvalue weighted by molar-refractivity contribution is 7.89. The smallest absolute Gasteiger partial charge is 0.340 e. The number of aromatic amines is 1. The number of carboxylic acids is 1. The van der Waals surface area contributed by atoms with E-state index in [2.05, 4.69) is 10.2 Å². The Morgan fingerprint density at radius 3 is 3.00 bits per heavy atom. The number of sulfonamides is 1. The van der Waals surface area contributed by atoms with Crippen molar-refractivity contribution in [1.82, 2.24) is 14.5 Å². The van der Waals surface area contributed by atoms with Crippen LogP contribution in [0, 0.1) is 0 Å². The largest absolute Gasteiger partial charge is 0.478 e. The van der Waals surface area contributed by atoms with Crippen LogP contribution in [-0.2, 0) is 10.0 Å². The Morgan fingerprint density at radius 1 is 1.67 bits per heavy atom. The van der Waals surface area contributed by atoms with Gasteiger partial charge in [0, 0.05) is 12.6 Å². The average Bonchev–Trinajstić information content (AvgIpc) is 2.98. The van der Waals surface area contributed by atoms with Gasteiger partial charge in [-0.25, -0.2) is 13.2 Å². The van der Waals surface area contributed by atoms with E-state index < -0.39 is 16.0 Å². The van der Waals surface area contributed by atoms with Crippen molar-refractivity contribution >= 4 is 16.0 Å². The molecule has 2 heterocycles. The summed E-state index contributed by atoms with van der Waals surface area (Å²) in [5, 5.41) is 14.4. The third-order valence-electron chi connectivity index (χ3n) is 3.20. The van der Waals surface area contributed by atoms with Gasteiger partial charge in [-0.05, 0) is 19.3 Å². The predicted molar refractivity (Wildman–Crippen MR) is 62.8 cm³/mol. The summed E-state index contributed by atoms with van der Waals surface area (Å²) in [7, 11) is -3.80. The van der Waals surface area contributed by atoms with Crippen molar-refractivity contribution < 1.29 is 18.3 Å². The Hall–Kier alpha value is -1.41. The van der Waals surface area contributed by atoms with Crippen LogP contribution < -0.4 is 0 Å². The number of nitrogens with one attached hydrogen (secondary N) is 1. The van der Waals surface area contributed by atoms with Gasteiger partial charge in [0.1, 0.15) is 5.56 Å². The van der Waals surface area contributed by atoms with E-state index >= 15 is 0 Å². The number of hydrogen-bond acceptors (Lipinski definition) is 4. The van der Waals surface area contributed by atoms with Crippen LogP contribution in [0.25, 0.3) is 0 Å². The summed E-state index contributed by atoms with van der Waals surface area (Å²) in [5.74, 6) is -1.30. The first-order valence-corrected chi connectivity index (χ1v) is 7.21. The fourth-order valence-electron chi connectivity index (χ4n) is 2.27. The summed E-state index contributed by atoms with van der Waals surface area (Å²) in [6.07, 6.45) is 3.35. The maximum absolute atomic E-state index is 12.4. The SMILES string of the molecule is CCC1CCCN1S(=O)(=O)c1[nH]ncc1C(=O)O. The van der Waals surface area contributed by atoms with Gasteiger partial charge in [-0.15, -0.1) is 0 Å². The molecule has 2 N–H and O–H groups in total. The third-order valence-corrected chi connectivity index (χ3v) is 5.12. The number of carbonyl (C=O) groups is 1. The van der Waals surface area contributed by atoms with Gasteiger partial charge in [0.25, 0.3) is 10.0 Å². The van der Waals surface area contributed by atoms with E-state index in [4.69, 9.17) is 5.11 Å². The van der Waals surface area contributed by atoms with Crippen molar-refractivity contribution in [3.05, 3.63) is 11.8 Å². The molecular weight excluding hydrogens is 258 g/mol. The van der Waals surface area contributed by atoms with Crippen LogP contribution >= 0.6 is 0 Å². The average molecular weight is 273 g/mol. The lowest BCUT2D eigenvalue weighted by atomic mass is 10.2. The topological polar surface area (TPSA) is 103 Å². The number of aromatic nitrogens is 2. The van der Waals surface area contributed by atoms with Crippen molar-refractivity contribution in [2.24, 2.45) is 0 Å². The van der Waals surface area contributed by atoms with Crippen molar-refractivity contribution in [1.29, 1.82) is 0 Å². The molecular formula is C10H15N3O4S. The van der Waals surface area contributed by atoms with Crippen LogP contribution in [-0.4, -0.2) is 46.6 Å². The van der Waals surface area contributed by atoms with E-state index in [9.17, 15) is 13.2 Å². The Balaban J connectivity index is 2.42. The molecule has 1 fully saturated rings. The number of aromatic carboxylic acids is 1. The zero-order valence-electron chi connectivity index (χ0n) is 9.96. The monoisotopic (exact) mass is 273 g/mol. The molecule has 0 bridgehead atoms. The Kier molecular flexibility index (Phi) is 3.40. The van der Waals surface area contributed by atoms with Crippen molar-refractivity contribution in [3.63, 3.8) is 0 Å². The number of H-pyrrole nitrogens is 1. The number of nitrogens with zero attached hydrogens (tertiary/aromatic N) is 2. The van der Waals surface area contributed by atoms with Gasteiger partial charge in [-0.1, -0.05) is 6.92 Å². The van der Waals surface area contributed by atoms with E-state index in [1.54, 1.807) is 0 Å². The van der Waals surface area contributed by atoms with E-state index in [-0.39, 0.29) is 16.6 Å². The highest BCUT2D eigenvalue weighted by Gasteiger charge is 2.37. The van der Waals surface area contributed by atoms with E-state index in [1.807, 2.05) is 6.92 Å². The summed E-state index contributed by atoms with van der Waals surface area (Å²) in [5.41, 5.74) is -0.309. The lowest BCUT2D eigenvalue weighted by molar-refractivity contribution is 0.0692. The molecule has 1 saturated heterocycles. The minimum Gasteiger partial charge on any atom is -0.478 e. The standard InChI is InChI=1S/C10H15N3O4S/c1-2-7-4-3-5-13(7)18(16,17)9-8(10(14)15)6-11-12-9/h6-7H,2-5H2,1H3,(H,11,12)(H,14,15). The van der Waals surface area contributed by atoms with E-state index in [0.717, 1.165) is 25.5 Å². The maximum atomic E-state index is 12.4. The fraction of sp³-hybridized carbons (Fsp3) is 0.600. The van der Waals surface area contributed by atoms with Gasteiger partial charge in [-0.3, -0.25) is 5.10 Å². The molecule has 1 aromatic rings. The molecule has 0 aromatic carbocycles. The fourth-order valence-corrected chi connectivity index (χ4v) is 4.11. The highest BCUT2D eigenvalue weighted by atomic mass is 32.2. The van der Waals surface area contributed by atoms with Crippen LogP contribution in [0.15, 0.2) is 11.2 Å². The first kappa shape index (κ1) is 13.0. The minimum absolute atomic E-state index is 0.0556. The van der Waals surface area contributed by atoms with Crippen molar-refractivity contribution in [2.75, 3.05) is 6.54 Å². The van der Waals surface area contributed by atoms with Crippen LogP contribution in [0.5, 0.6) is 0 Å². The first-order valence-electron chi connectivity index (χ1n) is 5.77. The van der Waals surface area contributed by atoms with Gasteiger partial charge >= 0.3 is 5.97 Å². The second-order valence-electron chi connectivity index (χ2n) is 4.24. The Labute approximate surface area is 105 Å². The van der Waals surface area contributed by atoms with Crippen molar-refractivity contribution in [3.8, 4) is 0 Å². The summed E-state index contributed by atoms with van der Waals surface area (Å²) in [6, 6.07) is -0.0556. The second kappa shape index (κ2) is 4.69. The molecule has 7 nitrogen and oxygen atoms in total. The summed E-state index contributed by atoms with van der Waals surface area (Å²) in [4.78, 5) is 11.0. The second-order valence-corrected chi connectivity index (χ2v) is 6.07. The predicted octanol–water partition coefficient (Wildman–Crippen LogP) is 0.671. The molecule has 1 aliphatic rings. The van der Waals surface area contributed by atoms with Gasteiger partial charge in [0.2, 0.25) is 0 Å². The first-order chi connectivity index (χ1) is 8.48. The number of hydrogen-bond donors (Lipinski definition) is 2. The van der Waals surface area contributed by atoms with Crippen molar-refractivity contribution in [2.45, 2.75) is 37.3 Å². The Bertz CT molecular complexity index is 551. The highest BCUT2D eigenvalue weighted by Crippen LogP contribution is 2.28. The molecule has 8 heteroatoms. The molecule has 1 aromatic heterocycles. The van der Waals surface area contributed by atoms with E-state index in [0.29, 0.717) is 6.54 Å². The Morgan fingerprint density at radius 2 is 2.39 bits per heavy atom. The maximum Gasteiger partial charge on any atom is 0.340 e. The van der Waals surface area contributed by atoms with Gasteiger partial charge in [-0.2, -0.15) is 9.40 Å². The molecule has 100 valence electrons. The summed E-state index contributed by atoms with van der Waals surface area (Å²) in [6.45, 7) is 2.35. The van der Waals surface area contributed by atoms with Crippen LogP contribution in [0.2, 0.25) is 0 Å². The third kappa shape index (κ3) is 2.01. The number of rotatable bonds is 4. The van der Waals surface area contributed by atoms with Gasteiger partial charge in [0.15, 0.2) is 5.03 Å². The molecule has 1 unspecified atom stereocenters. The molecule has 0 radical (unpaired) electrons. The minimum atomic E-state index is -3.80. The lowest BCUT2D eigenvalue weighted by Gasteiger charge is -2.22. The normalized spacial score (nSPS) is 21.3. The van der Waals surface area contributed by atoms with Crippen LogP contribution in [0.1, 0.15) is 36.5 Å². The molecule has 0 amide bonds. The molecule has 1 aliphatic heterocycles. The van der Waals surface area contributed by atoms with Gasteiger partial charge in [0.05, 0.1) is 6.20 Å². The number of carboxylic acid groups (broad SMARTS) is 1. The molecule has 0 spiro atoms. The van der Waals surface area contributed by atoms with Gasteiger partial charge < -0.3 is 5.11 Å². The van der Waals surface area contributed by atoms with Crippen LogP contribution in [0.3, 0.4) is 0 Å². The molecule has 0 aliphatic carbocycles. The molecule has 0 saturated carbocycles. The lowest BCUT2D eigenvalue weighted by Crippen LogP contribution is -2.36. The molecule has 18 heavy (non-hydrogen) atoms. The quantitative estimate of drug-likeness (QED) is 0.839. The molecule has 2 rings (SSSR count). The van der Waals surface area contributed by atoms with Crippen LogP contribution in [0.4, 0.5) is 0 Å². The zero-order chi connectivity index (χ0) is 13.3. The molecule has 1 atom stereocenters. The summed E-state index contributed by atoms with van der Waals surface area (Å²) < 4.78 is 26.1. The zero-order valence-corrected chi connectivity index (χ0v) is 10.8. The van der Waals surface area contributed by atoms with E-state index in [1.165, 1.54) is 4.31 Å². The summed E-state index contributed by atoms with van der Waals surface area (Å²) >= 11 is 0.